The molecule has 0 aliphatic carbocycles. The molecule has 0 saturated carbocycles. The van der Waals surface area contributed by atoms with Crippen LogP contribution in [-0.2, 0) is 0 Å². The Morgan fingerprint density at radius 2 is 2.53 bits per heavy atom. The Morgan fingerprint density at radius 3 is 3.20 bits per heavy atom. The highest BCUT2D eigenvalue weighted by Crippen LogP contribution is 2.17. The molecule has 82 valence electrons. The molecule has 1 aromatic rings. The number of rotatable bonds is 2. The molecular weight excluding hydrogens is 192 g/mol. The van der Waals surface area contributed by atoms with E-state index in [4.69, 9.17) is 10.2 Å². The van der Waals surface area contributed by atoms with Gasteiger partial charge in [0.25, 0.3) is 5.91 Å². The third-order valence-corrected chi connectivity index (χ3v) is 2.91. The van der Waals surface area contributed by atoms with Crippen molar-refractivity contribution in [1.29, 1.82) is 0 Å². The van der Waals surface area contributed by atoms with Gasteiger partial charge in [0.2, 0.25) is 0 Å². The molecule has 4 nitrogen and oxygen atoms in total. The third kappa shape index (κ3) is 2.21. The number of hydrogen-bond donors (Lipinski definition) is 1. The van der Waals surface area contributed by atoms with Crippen molar-refractivity contribution in [1.82, 2.24) is 4.90 Å². The van der Waals surface area contributed by atoms with E-state index in [1.807, 2.05) is 4.90 Å². The Hall–Kier alpha value is -1.29. The topological polar surface area (TPSA) is 59.5 Å². The van der Waals surface area contributed by atoms with Crippen molar-refractivity contribution in [3.63, 3.8) is 0 Å². The normalized spacial score (nSPS) is 21.7. The maximum atomic E-state index is 11.9. The molecule has 0 spiro atoms. The second-order valence-corrected chi connectivity index (χ2v) is 4.01. The standard InChI is InChI=1S/C11H16N2O2/c12-6-9-2-1-4-13(7-9)11(14)10-3-5-15-8-10/h3,5,8-9H,1-2,4,6-7,12H2. The lowest BCUT2D eigenvalue weighted by molar-refractivity contribution is 0.0677. The van der Waals surface area contributed by atoms with Crippen LogP contribution < -0.4 is 5.73 Å². The monoisotopic (exact) mass is 208 g/mol. The largest absolute Gasteiger partial charge is 0.472 e. The van der Waals surface area contributed by atoms with Crippen molar-refractivity contribution in [2.45, 2.75) is 12.8 Å². The van der Waals surface area contributed by atoms with Gasteiger partial charge in [0.05, 0.1) is 11.8 Å². The van der Waals surface area contributed by atoms with Crippen molar-refractivity contribution >= 4 is 5.91 Å². The summed E-state index contributed by atoms with van der Waals surface area (Å²) < 4.78 is 4.91. The predicted molar refractivity (Wildman–Crippen MR) is 56.4 cm³/mol. The van der Waals surface area contributed by atoms with Gasteiger partial charge in [-0.3, -0.25) is 4.79 Å². The molecule has 1 atom stereocenters. The average Bonchev–Trinajstić information content (AvgIpc) is 2.81. The zero-order valence-electron chi connectivity index (χ0n) is 8.69. The lowest BCUT2D eigenvalue weighted by Crippen LogP contribution is -2.41. The summed E-state index contributed by atoms with van der Waals surface area (Å²) in [5.74, 6) is 0.511. The summed E-state index contributed by atoms with van der Waals surface area (Å²) in [4.78, 5) is 13.8. The van der Waals surface area contributed by atoms with E-state index in [0.717, 1.165) is 25.9 Å². The van der Waals surface area contributed by atoms with E-state index in [2.05, 4.69) is 0 Å². The van der Waals surface area contributed by atoms with E-state index in [-0.39, 0.29) is 5.91 Å². The number of carbonyl (C=O) groups is 1. The molecule has 0 aromatic carbocycles. The van der Waals surface area contributed by atoms with E-state index < -0.39 is 0 Å². The first-order valence-electron chi connectivity index (χ1n) is 5.33. The van der Waals surface area contributed by atoms with Gasteiger partial charge in [0.15, 0.2) is 0 Å². The maximum Gasteiger partial charge on any atom is 0.257 e. The van der Waals surface area contributed by atoms with Gasteiger partial charge in [-0.1, -0.05) is 0 Å². The van der Waals surface area contributed by atoms with Gasteiger partial charge in [0.1, 0.15) is 6.26 Å². The molecule has 1 aliphatic heterocycles. The summed E-state index contributed by atoms with van der Waals surface area (Å²) >= 11 is 0. The Morgan fingerprint density at radius 1 is 1.67 bits per heavy atom. The third-order valence-electron chi connectivity index (χ3n) is 2.91. The first-order chi connectivity index (χ1) is 7.31. The minimum absolute atomic E-state index is 0.0573. The summed E-state index contributed by atoms with van der Waals surface area (Å²) in [5, 5.41) is 0. The molecule has 2 heterocycles. The van der Waals surface area contributed by atoms with Crippen LogP contribution in [-0.4, -0.2) is 30.4 Å². The lowest BCUT2D eigenvalue weighted by Gasteiger charge is -2.31. The molecule has 4 heteroatoms. The van der Waals surface area contributed by atoms with Gasteiger partial charge in [0, 0.05) is 13.1 Å². The second kappa shape index (κ2) is 4.49. The fourth-order valence-electron chi connectivity index (χ4n) is 2.01. The van der Waals surface area contributed by atoms with Gasteiger partial charge < -0.3 is 15.1 Å². The predicted octanol–water partition coefficient (Wildman–Crippen LogP) is 1.09. The summed E-state index contributed by atoms with van der Waals surface area (Å²) in [6, 6.07) is 1.70. The number of likely N-dealkylation sites (tertiary alicyclic amines) is 1. The van der Waals surface area contributed by atoms with Gasteiger partial charge >= 0.3 is 0 Å². The minimum atomic E-state index is 0.0573. The van der Waals surface area contributed by atoms with Gasteiger partial charge in [-0.05, 0) is 31.4 Å². The molecule has 0 bridgehead atoms. The van der Waals surface area contributed by atoms with Crippen molar-refractivity contribution in [3.05, 3.63) is 24.2 Å². The van der Waals surface area contributed by atoms with Gasteiger partial charge in [-0.15, -0.1) is 0 Å². The van der Waals surface area contributed by atoms with E-state index >= 15 is 0 Å². The van der Waals surface area contributed by atoms with Crippen LogP contribution in [0.4, 0.5) is 0 Å². The maximum absolute atomic E-state index is 11.9. The summed E-state index contributed by atoms with van der Waals surface area (Å²) in [6.45, 7) is 2.27. The van der Waals surface area contributed by atoms with Crippen molar-refractivity contribution in [3.8, 4) is 0 Å². The van der Waals surface area contributed by atoms with Crippen LogP contribution in [0.1, 0.15) is 23.2 Å². The smallest absolute Gasteiger partial charge is 0.257 e. The Bertz CT molecular complexity index is 321. The Balaban J connectivity index is 2.01. The van der Waals surface area contributed by atoms with Gasteiger partial charge in [-0.2, -0.15) is 0 Å². The molecule has 1 saturated heterocycles. The van der Waals surface area contributed by atoms with Crippen LogP contribution in [0.15, 0.2) is 23.0 Å². The molecule has 2 N–H and O–H groups in total. The van der Waals surface area contributed by atoms with Crippen LogP contribution in [0.5, 0.6) is 0 Å². The lowest BCUT2D eigenvalue weighted by atomic mass is 9.98. The molecule has 1 unspecified atom stereocenters. The van der Waals surface area contributed by atoms with Crippen LogP contribution in [0.25, 0.3) is 0 Å². The van der Waals surface area contributed by atoms with E-state index in [1.54, 1.807) is 6.07 Å². The van der Waals surface area contributed by atoms with Gasteiger partial charge in [-0.25, -0.2) is 0 Å². The fourth-order valence-corrected chi connectivity index (χ4v) is 2.01. The molecule has 1 fully saturated rings. The fraction of sp³-hybridized carbons (Fsp3) is 0.545. The average molecular weight is 208 g/mol. The van der Waals surface area contributed by atoms with Crippen molar-refractivity contribution < 1.29 is 9.21 Å². The van der Waals surface area contributed by atoms with Crippen molar-refractivity contribution in [2.24, 2.45) is 11.7 Å². The van der Waals surface area contributed by atoms with E-state index in [1.165, 1.54) is 12.5 Å². The van der Waals surface area contributed by atoms with Crippen LogP contribution in [0.2, 0.25) is 0 Å². The molecule has 15 heavy (non-hydrogen) atoms. The van der Waals surface area contributed by atoms with E-state index in [0.29, 0.717) is 18.0 Å². The zero-order chi connectivity index (χ0) is 10.7. The first kappa shape index (κ1) is 10.2. The number of furan rings is 1. The number of nitrogens with two attached hydrogens (primary N) is 1. The highest BCUT2D eigenvalue weighted by Gasteiger charge is 2.23. The second-order valence-electron chi connectivity index (χ2n) is 4.01. The Labute approximate surface area is 89.0 Å². The molecule has 1 amide bonds. The molecule has 1 aromatic heterocycles. The van der Waals surface area contributed by atoms with E-state index in [9.17, 15) is 4.79 Å². The molecule has 2 rings (SSSR count). The molecular formula is C11H16N2O2. The summed E-state index contributed by atoms with van der Waals surface area (Å²) in [6.07, 6.45) is 5.20. The zero-order valence-corrected chi connectivity index (χ0v) is 8.69. The van der Waals surface area contributed by atoms with Crippen molar-refractivity contribution in [2.75, 3.05) is 19.6 Å². The quantitative estimate of drug-likeness (QED) is 0.791. The summed E-state index contributed by atoms with van der Waals surface area (Å²) in [7, 11) is 0. The number of nitrogens with zero attached hydrogens (tertiary/aromatic N) is 1. The highest BCUT2D eigenvalue weighted by molar-refractivity contribution is 5.93. The van der Waals surface area contributed by atoms with Crippen LogP contribution in [0.3, 0.4) is 0 Å². The SMILES string of the molecule is NCC1CCCN(C(=O)c2ccoc2)C1. The number of amides is 1. The number of hydrogen-bond acceptors (Lipinski definition) is 3. The first-order valence-corrected chi connectivity index (χ1v) is 5.33. The highest BCUT2D eigenvalue weighted by atomic mass is 16.3. The number of piperidine rings is 1. The van der Waals surface area contributed by atoms with Crippen LogP contribution >= 0.6 is 0 Å². The molecule has 1 aliphatic rings. The minimum Gasteiger partial charge on any atom is -0.472 e. The Kier molecular flexibility index (Phi) is 3.06. The van der Waals surface area contributed by atoms with Crippen LogP contribution in [0, 0.1) is 5.92 Å². The number of carbonyl (C=O) groups excluding carboxylic acids is 1. The molecule has 0 radical (unpaired) electrons. The summed E-state index contributed by atoms with van der Waals surface area (Å²) in [5.41, 5.74) is 6.26.